The van der Waals surface area contributed by atoms with Crippen molar-refractivity contribution in [1.29, 1.82) is 0 Å². The average molecular weight is 295 g/mol. The average Bonchev–Trinajstić information content (AvgIpc) is 2.47. The van der Waals surface area contributed by atoms with Crippen molar-refractivity contribution in [3.63, 3.8) is 0 Å². The van der Waals surface area contributed by atoms with Crippen LogP contribution >= 0.6 is 0 Å². The van der Waals surface area contributed by atoms with Gasteiger partial charge in [-0.1, -0.05) is 0 Å². The second-order valence-corrected chi connectivity index (χ2v) is 7.38. The maximum absolute atomic E-state index is 12.6. The third kappa shape index (κ3) is 4.68. The van der Waals surface area contributed by atoms with Crippen molar-refractivity contribution in [2.45, 2.75) is 58.5 Å². The van der Waals surface area contributed by atoms with Crippen LogP contribution in [0.1, 0.15) is 46.5 Å². The van der Waals surface area contributed by atoms with Crippen LogP contribution in [0, 0.1) is 11.8 Å². The van der Waals surface area contributed by atoms with Crippen LogP contribution in [0.5, 0.6) is 0 Å². The first kappa shape index (κ1) is 16.8. The van der Waals surface area contributed by atoms with Crippen molar-refractivity contribution in [2.24, 2.45) is 11.8 Å². The van der Waals surface area contributed by atoms with Crippen molar-refractivity contribution in [1.82, 2.24) is 15.1 Å². The van der Waals surface area contributed by atoms with E-state index in [9.17, 15) is 4.79 Å². The van der Waals surface area contributed by atoms with E-state index >= 15 is 0 Å². The molecule has 0 aromatic heterocycles. The van der Waals surface area contributed by atoms with Gasteiger partial charge in [-0.25, -0.2) is 0 Å². The first-order valence-corrected chi connectivity index (χ1v) is 8.69. The molecular formula is C17H33N3O. The van der Waals surface area contributed by atoms with Crippen LogP contribution in [-0.2, 0) is 4.79 Å². The van der Waals surface area contributed by atoms with Gasteiger partial charge in [0.25, 0.3) is 0 Å². The molecule has 4 nitrogen and oxygen atoms in total. The van der Waals surface area contributed by atoms with Gasteiger partial charge in [0.05, 0.1) is 0 Å². The number of carbonyl (C=O) groups excluding carboxylic acids is 1. The molecule has 1 N–H and O–H groups in total. The Bertz CT molecular complexity index is 337. The van der Waals surface area contributed by atoms with Gasteiger partial charge in [0.1, 0.15) is 0 Å². The molecular weight excluding hydrogens is 262 g/mol. The van der Waals surface area contributed by atoms with Crippen molar-refractivity contribution >= 4 is 5.91 Å². The van der Waals surface area contributed by atoms with Crippen LogP contribution in [0.2, 0.25) is 0 Å². The van der Waals surface area contributed by atoms with E-state index in [-0.39, 0.29) is 5.92 Å². The largest absolute Gasteiger partial charge is 0.342 e. The smallest absolute Gasteiger partial charge is 0.225 e. The van der Waals surface area contributed by atoms with Crippen molar-refractivity contribution in [3.05, 3.63) is 0 Å². The lowest BCUT2D eigenvalue weighted by molar-refractivity contribution is -0.138. The summed E-state index contributed by atoms with van der Waals surface area (Å²) >= 11 is 0. The number of nitrogens with one attached hydrogen (secondary N) is 1. The second kappa shape index (κ2) is 7.59. The Morgan fingerprint density at radius 3 is 2.52 bits per heavy atom. The maximum Gasteiger partial charge on any atom is 0.225 e. The molecule has 0 aliphatic carbocycles. The number of nitrogens with zero attached hydrogens (tertiary/aromatic N) is 2. The summed E-state index contributed by atoms with van der Waals surface area (Å²) in [5, 5.41) is 3.43. The predicted molar refractivity (Wildman–Crippen MR) is 87.3 cm³/mol. The van der Waals surface area contributed by atoms with Gasteiger partial charge in [-0.15, -0.1) is 0 Å². The highest BCUT2D eigenvalue weighted by Gasteiger charge is 2.31. The Hall–Kier alpha value is -0.610. The highest BCUT2D eigenvalue weighted by molar-refractivity contribution is 5.79. The van der Waals surface area contributed by atoms with E-state index in [2.05, 4.69) is 42.9 Å². The van der Waals surface area contributed by atoms with Gasteiger partial charge in [-0.05, 0) is 66.0 Å². The first-order chi connectivity index (χ1) is 9.97. The summed E-state index contributed by atoms with van der Waals surface area (Å²) in [6.07, 6.45) is 4.36. The minimum absolute atomic E-state index is 0.260. The highest BCUT2D eigenvalue weighted by atomic mass is 16.2. The third-order valence-corrected chi connectivity index (χ3v) is 5.33. The topological polar surface area (TPSA) is 35.6 Å². The zero-order valence-electron chi connectivity index (χ0n) is 14.3. The summed E-state index contributed by atoms with van der Waals surface area (Å²) < 4.78 is 0. The lowest BCUT2D eigenvalue weighted by Gasteiger charge is -2.37. The van der Waals surface area contributed by atoms with E-state index in [1.54, 1.807) is 0 Å². The molecule has 2 aliphatic rings. The molecule has 1 amide bonds. The maximum atomic E-state index is 12.6. The third-order valence-electron chi connectivity index (χ3n) is 5.33. The van der Waals surface area contributed by atoms with Gasteiger partial charge >= 0.3 is 0 Å². The van der Waals surface area contributed by atoms with Crippen molar-refractivity contribution in [2.75, 3.05) is 33.2 Å². The molecule has 0 aromatic rings. The van der Waals surface area contributed by atoms with E-state index in [1.807, 2.05) is 0 Å². The van der Waals surface area contributed by atoms with Gasteiger partial charge < -0.3 is 15.1 Å². The highest BCUT2D eigenvalue weighted by Crippen LogP contribution is 2.24. The van der Waals surface area contributed by atoms with E-state index < -0.39 is 0 Å². The molecule has 0 spiro atoms. The normalized spacial score (nSPS) is 28.4. The van der Waals surface area contributed by atoms with Crippen LogP contribution in [0.3, 0.4) is 0 Å². The predicted octanol–water partition coefficient (Wildman–Crippen LogP) is 1.95. The number of amides is 1. The molecule has 0 aromatic carbocycles. The fourth-order valence-corrected chi connectivity index (χ4v) is 3.57. The van der Waals surface area contributed by atoms with Crippen molar-refractivity contribution in [3.8, 4) is 0 Å². The molecule has 2 heterocycles. The summed E-state index contributed by atoms with van der Waals surface area (Å²) in [4.78, 5) is 17.2. The molecule has 21 heavy (non-hydrogen) atoms. The zero-order chi connectivity index (χ0) is 15.4. The van der Waals surface area contributed by atoms with E-state index in [4.69, 9.17) is 0 Å². The lowest BCUT2D eigenvalue weighted by Crippen LogP contribution is -2.47. The Morgan fingerprint density at radius 2 is 1.95 bits per heavy atom. The van der Waals surface area contributed by atoms with Gasteiger partial charge in [0, 0.05) is 37.6 Å². The molecule has 0 saturated carbocycles. The van der Waals surface area contributed by atoms with Crippen LogP contribution < -0.4 is 5.32 Å². The van der Waals surface area contributed by atoms with Gasteiger partial charge in [0.2, 0.25) is 5.91 Å². The molecule has 0 radical (unpaired) electrons. The monoisotopic (exact) mass is 295 g/mol. The van der Waals surface area contributed by atoms with Crippen LogP contribution in [-0.4, -0.2) is 61.0 Å². The zero-order valence-corrected chi connectivity index (χ0v) is 14.3. The molecule has 2 saturated heterocycles. The summed E-state index contributed by atoms with van der Waals surface area (Å²) in [6, 6.07) is 1.10. The number of hydrogen-bond donors (Lipinski definition) is 1. The Balaban J connectivity index is 1.76. The standard InChI is InChI=1S/C17H33N3O/c1-13(2)19(4)12-15-6-9-20(10-7-15)17(21)16-5-8-18-14(3)11-16/h13-16,18H,5-12H2,1-4H3. The van der Waals surface area contributed by atoms with Gasteiger partial charge in [-0.3, -0.25) is 4.79 Å². The molecule has 4 heteroatoms. The summed E-state index contributed by atoms with van der Waals surface area (Å²) in [7, 11) is 2.21. The minimum Gasteiger partial charge on any atom is -0.342 e. The van der Waals surface area contributed by atoms with Gasteiger partial charge in [-0.2, -0.15) is 0 Å². The minimum atomic E-state index is 0.260. The fourth-order valence-electron chi connectivity index (χ4n) is 3.57. The SMILES string of the molecule is CC1CC(C(=O)N2CCC(CN(C)C(C)C)CC2)CCN1. The van der Waals surface area contributed by atoms with E-state index in [0.29, 0.717) is 18.0 Å². The summed E-state index contributed by atoms with van der Waals surface area (Å²) in [5.41, 5.74) is 0. The molecule has 2 aliphatic heterocycles. The Morgan fingerprint density at radius 1 is 1.29 bits per heavy atom. The number of rotatable bonds is 4. The molecule has 2 rings (SSSR count). The quantitative estimate of drug-likeness (QED) is 0.861. The second-order valence-electron chi connectivity index (χ2n) is 7.38. The molecule has 2 atom stereocenters. The van der Waals surface area contributed by atoms with E-state index in [1.165, 1.54) is 19.4 Å². The Labute approximate surface area is 130 Å². The molecule has 122 valence electrons. The number of piperidine rings is 2. The van der Waals surface area contributed by atoms with Crippen molar-refractivity contribution < 1.29 is 4.79 Å². The molecule has 2 fully saturated rings. The van der Waals surface area contributed by atoms with Crippen LogP contribution in [0.25, 0.3) is 0 Å². The summed E-state index contributed by atoms with van der Waals surface area (Å²) in [5.74, 6) is 1.43. The molecule has 2 unspecified atom stereocenters. The lowest BCUT2D eigenvalue weighted by atomic mass is 9.90. The Kier molecular flexibility index (Phi) is 6.06. The summed E-state index contributed by atoms with van der Waals surface area (Å²) in [6.45, 7) is 10.8. The van der Waals surface area contributed by atoms with E-state index in [0.717, 1.165) is 38.4 Å². The first-order valence-electron chi connectivity index (χ1n) is 8.69. The van der Waals surface area contributed by atoms with Crippen LogP contribution in [0.4, 0.5) is 0 Å². The molecule has 0 bridgehead atoms. The number of carbonyl (C=O) groups is 1. The van der Waals surface area contributed by atoms with Gasteiger partial charge in [0.15, 0.2) is 0 Å². The number of likely N-dealkylation sites (tertiary alicyclic amines) is 1. The van der Waals surface area contributed by atoms with Crippen LogP contribution in [0.15, 0.2) is 0 Å². The number of hydrogen-bond acceptors (Lipinski definition) is 3. The fraction of sp³-hybridized carbons (Fsp3) is 0.941.